The van der Waals surface area contributed by atoms with Crippen LogP contribution in [-0.2, 0) is 16.1 Å². The summed E-state index contributed by atoms with van der Waals surface area (Å²) in [7, 11) is 1.31. The zero-order valence-corrected chi connectivity index (χ0v) is 10.6. The van der Waals surface area contributed by atoms with E-state index in [1.165, 1.54) is 25.3 Å². The Morgan fingerprint density at radius 2 is 1.94 bits per heavy atom. The van der Waals surface area contributed by atoms with Crippen LogP contribution in [0.5, 0.6) is 0 Å². The minimum atomic E-state index is -0.563. The van der Waals surface area contributed by atoms with Crippen LogP contribution in [0.15, 0.2) is 18.2 Å². The highest BCUT2D eigenvalue weighted by Crippen LogP contribution is 2.14. The lowest BCUT2D eigenvalue weighted by atomic mass is 10.2. The highest BCUT2D eigenvalue weighted by atomic mass is 19.1. The van der Waals surface area contributed by atoms with Gasteiger partial charge in [-0.1, -0.05) is 13.0 Å². The van der Waals surface area contributed by atoms with Gasteiger partial charge in [0.25, 0.3) is 0 Å². The molecule has 18 heavy (non-hydrogen) atoms. The van der Waals surface area contributed by atoms with Gasteiger partial charge >= 0.3 is 5.97 Å². The van der Waals surface area contributed by atoms with Crippen molar-refractivity contribution in [3.63, 3.8) is 0 Å². The largest absolute Gasteiger partial charge is 0.469 e. The number of carbonyl (C=O) groups is 1. The first-order valence-electron chi connectivity index (χ1n) is 5.80. The van der Waals surface area contributed by atoms with Crippen molar-refractivity contribution in [2.24, 2.45) is 0 Å². The van der Waals surface area contributed by atoms with Crippen molar-refractivity contribution in [1.82, 2.24) is 4.90 Å². The van der Waals surface area contributed by atoms with Gasteiger partial charge in [-0.25, -0.2) is 8.78 Å². The van der Waals surface area contributed by atoms with Crippen molar-refractivity contribution >= 4 is 5.97 Å². The Balaban J connectivity index is 2.65. The van der Waals surface area contributed by atoms with Crippen molar-refractivity contribution in [3.05, 3.63) is 35.4 Å². The molecule has 3 nitrogen and oxygen atoms in total. The van der Waals surface area contributed by atoms with Crippen LogP contribution in [0, 0.1) is 11.6 Å². The number of hydrogen-bond acceptors (Lipinski definition) is 3. The molecule has 0 aliphatic heterocycles. The lowest BCUT2D eigenvalue weighted by molar-refractivity contribution is -0.141. The van der Waals surface area contributed by atoms with Crippen molar-refractivity contribution in [3.8, 4) is 0 Å². The third-order valence-corrected chi connectivity index (χ3v) is 2.75. The summed E-state index contributed by atoms with van der Waals surface area (Å²) in [6.45, 7) is 3.03. The molecule has 100 valence electrons. The second-order valence-corrected chi connectivity index (χ2v) is 3.90. The molecule has 0 atom stereocenters. The molecule has 0 aliphatic carbocycles. The van der Waals surface area contributed by atoms with Crippen LogP contribution in [0.25, 0.3) is 0 Å². The van der Waals surface area contributed by atoms with Crippen LogP contribution < -0.4 is 0 Å². The summed E-state index contributed by atoms with van der Waals surface area (Å²) in [6, 6.07) is 3.79. The van der Waals surface area contributed by atoms with Crippen molar-refractivity contribution < 1.29 is 18.3 Å². The van der Waals surface area contributed by atoms with Crippen LogP contribution in [0.4, 0.5) is 8.78 Å². The van der Waals surface area contributed by atoms with Crippen LogP contribution in [0.3, 0.4) is 0 Å². The van der Waals surface area contributed by atoms with Gasteiger partial charge in [0.05, 0.1) is 13.5 Å². The summed E-state index contributed by atoms with van der Waals surface area (Å²) < 4.78 is 31.4. The number of halogens is 2. The van der Waals surface area contributed by atoms with E-state index >= 15 is 0 Å². The van der Waals surface area contributed by atoms with Crippen molar-refractivity contribution in [2.75, 3.05) is 20.2 Å². The van der Waals surface area contributed by atoms with E-state index in [0.29, 0.717) is 13.1 Å². The summed E-state index contributed by atoms with van der Waals surface area (Å²) in [6.07, 6.45) is 0.209. The smallest absolute Gasteiger partial charge is 0.306 e. The van der Waals surface area contributed by atoms with Gasteiger partial charge in [-0.3, -0.25) is 9.69 Å². The van der Waals surface area contributed by atoms with Crippen LogP contribution in [0.2, 0.25) is 0 Å². The molecule has 1 aromatic rings. The highest BCUT2D eigenvalue weighted by Gasteiger charge is 2.13. The number of esters is 1. The topological polar surface area (TPSA) is 29.5 Å². The molecule has 1 aromatic carbocycles. The summed E-state index contributed by atoms with van der Waals surface area (Å²) in [5.41, 5.74) is 0.0317. The lowest BCUT2D eigenvalue weighted by Gasteiger charge is -2.20. The van der Waals surface area contributed by atoms with Crippen molar-refractivity contribution in [1.29, 1.82) is 0 Å². The third-order valence-electron chi connectivity index (χ3n) is 2.75. The molecule has 0 spiro atoms. The first kappa shape index (κ1) is 14.6. The van der Waals surface area contributed by atoms with Crippen LogP contribution >= 0.6 is 0 Å². The summed E-state index contributed by atoms with van der Waals surface area (Å²) in [5, 5.41) is 0. The number of hydrogen-bond donors (Lipinski definition) is 0. The van der Waals surface area contributed by atoms with Gasteiger partial charge in [0, 0.05) is 18.7 Å². The number of ether oxygens (including phenoxy) is 1. The molecule has 0 aromatic heterocycles. The number of rotatable bonds is 6. The summed E-state index contributed by atoms with van der Waals surface area (Å²) >= 11 is 0. The molecule has 0 N–H and O–H groups in total. The fourth-order valence-electron chi connectivity index (χ4n) is 1.61. The first-order valence-corrected chi connectivity index (χ1v) is 5.80. The number of methoxy groups -OCH3 is 1. The Labute approximate surface area is 105 Å². The maximum Gasteiger partial charge on any atom is 0.306 e. The minimum Gasteiger partial charge on any atom is -0.469 e. The van der Waals surface area contributed by atoms with Gasteiger partial charge in [-0.2, -0.15) is 0 Å². The normalized spacial score (nSPS) is 10.7. The highest BCUT2D eigenvalue weighted by molar-refractivity contribution is 5.69. The van der Waals surface area contributed by atoms with Gasteiger partial charge in [0.1, 0.15) is 11.6 Å². The molecule has 5 heteroatoms. The zero-order valence-electron chi connectivity index (χ0n) is 10.6. The molecule has 0 saturated carbocycles. The van der Waals surface area contributed by atoms with E-state index in [2.05, 4.69) is 4.74 Å². The quantitative estimate of drug-likeness (QED) is 0.733. The number of nitrogens with zero attached hydrogens (tertiary/aromatic N) is 1. The Morgan fingerprint density at radius 3 is 2.44 bits per heavy atom. The Morgan fingerprint density at radius 1 is 1.33 bits per heavy atom. The van der Waals surface area contributed by atoms with Crippen molar-refractivity contribution in [2.45, 2.75) is 19.9 Å². The number of carbonyl (C=O) groups excluding carboxylic acids is 1. The summed E-state index contributed by atoms with van der Waals surface area (Å²) in [4.78, 5) is 12.8. The molecule has 0 amide bonds. The second-order valence-electron chi connectivity index (χ2n) is 3.90. The SMILES string of the molecule is CCN(CCC(=O)OC)Cc1c(F)cccc1F. The molecule has 0 aliphatic rings. The lowest BCUT2D eigenvalue weighted by Crippen LogP contribution is -2.27. The molecule has 0 heterocycles. The average Bonchev–Trinajstić information content (AvgIpc) is 2.37. The molecular formula is C13H17F2NO2. The van der Waals surface area contributed by atoms with E-state index < -0.39 is 11.6 Å². The minimum absolute atomic E-state index is 0.0317. The fourth-order valence-corrected chi connectivity index (χ4v) is 1.61. The molecule has 1 rings (SSSR count). The predicted octanol–water partition coefficient (Wildman–Crippen LogP) is 2.35. The molecule has 0 saturated heterocycles. The maximum absolute atomic E-state index is 13.5. The zero-order chi connectivity index (χ0) is 13.5. The van der Waals surface area contributed by atoms with Gasteiger partial charge in [-0.05, 0) is 18.7 Å². The second kappa shape index (κ2) is 7.06. The van der Waals surface area contributed by atoms with E-state index in [1.54, 1.807) is 4.90 Å². The van der Waals surface area contributed by atoms with Crippen LogP contribution in [-0.4, -0.2) is 31.1 Å². The van der Waals surface area contributed by atoms with Gasteiger partial charge in [0.2, 0.25) is 0 Å². The van der Waals surface area contributed by atoms with E-state index in [1.807, 2.05) is 6.92 Å². The molecular weight excluding hydrogens is 240 g/mol. The monoisotopic (exact) mass is 257 g/mol. The maximum atomic E-state index is 13.5. The first-order chi connectivity index (χ1) is 8.58. The Bertz CT molecular complexity index is 390. The molecule has 0 bridgehead atoms. The number of benzene rings is 1. The molecule has 0 unspecified atom stereocenters. The van der Waals surface area contributed by atoms with E-state index in [0.717, 1.165) is 0 Å². The molecule has 0 fully saturated rings. The standard InChI is InChI=1S/C13H17F2NO2/c1-3-16(8-7-13(17)18-2)9-10-11(14)5-4-6-12(10)15/h4-6H,3,7-9H2,1-2H3. The third kappa shape index (κ3) is 4.07. The van der Waals surface area contributed by atoms with Crippen LogP contribution in [0.1, 0.15) is 18.9 Å². The summed E-state index contributed by atoms with van der Waals surface area (Å²) in [5.74, 6) is -1.46. The molecule has 0 radical (unpaired) electrons. The van der Waals surface area contributed by atoms with Gasteiger partial charge < -0.3 is 4.74 Å². The average molecular weight is 257 g/mol. The predicted molar refractivity (Wildman–Crippen MR) is 63.9 cm³/mol. The van der Waals surface area contributed by atoms with E-state index in [4.69, 9.17) is 0 Å². The van der Waals surface area contributed by atoms with Gasteiger partial charge in [0.15, 0.2) is 0 Å². The van der Waals surface area contributed by atoms with E-state index in [-0.39, 0.29) is 24.5 Å². The Kier molecular flexibility index (Phi) is 5.71. The van der Waals surface area contributed by atoms with E-state index in [9.17, 15) is 13.6 Å². The Hall–Kier alpha value is -1.49. The van der Waals surface area contributed by atoms with Gasteiger partial charge in [-0.15, -0.1) is 0 Å². The fraction of sp³-hybridized carbons (Fsp3) is 0.462.